The van der Waals surface area contributed by atoms with Crippen molar-refractivity contribution in [3.05, 3.63) is 65.2 Å². The third kappa shape index (κ3) is 7.86. The number of hydrogen-bond donors (Lipinski definition) is 2. The summed E-state index contributed by atoms with van der Waals surface area (Å²) in [6.07, 6.45) is 3.96. The molecule has 4 rings (SSSR count). The minimum absolute atomic E-state index is 0. The number of para-hydroxylation sites is 1. The third-order valence-electron chi connectivity index (χ3n) is 6.13. The average molecular weight is 565 g/mol. The number of halogens is 1. The topological polar surface area (TPSA) is 58.1 Å². The fourth-order valence-corrected chi connectivity index (χ4v) is 3.99. The molecule has 0 atom stereocenters. The van der Waals surface area contributed by atoms with E-state index in [1.165, 1.54) is 17.5 Å². The SMILES string of the molecule is CCNC(=NCc1ccccc1OC1CCC1)NCc1ccccc1CN1CCOCC1.I. The van der Waals surface area contributed by atoms with E-state index in [1.54, 1.807) is 0 Å². The molecule has 1 aliphatic carbocycles. The van der Waals surface area contributed by atoms with E-state index < -0.39 is 0 Å². The fraction of sp³-hybridized carbons (Fsp3) is 0.500. The van der Waals surface area contributed by atoms with Gasteiger partial charge in [0.1, 0.15) is 5.75 Å². The number of rotatable bonds is 9. The van der Waals surface area contributed by atoms with Crippen LogP contribution in [0.2, 0.25) is 0 Å². The molecule has 0 aromatic heterocycles. The lowest BCUT2D eigenvalue weighted by Gasteiger charge is -2.27. The summed E-state index contributed by atoms with van der Waals surface area (Å²) in [6, 6.07) is 16.9. The van der Waals surface area contributed by atoms with Gasteiger partial charge in [-0.05, 0) is 43.4 Å². The molecule has 0 amide bonds. The van der Waals surface area contributed by atoms with Gasteiger partial charge in [0.05, 0.1) is 25.9 Å². The Morgan fingerprint density at radius 1 is 1.00 bits per heavy atom. The summed E-state index contributed by atoms with van der Waals surface area (Å²) in [6.45, 7) is 8.84. The summed E-state index contributed by atoms with van der Waals surface area (Å²) in [4.78, 5) is 7.30. The van der Waals surface area contributed by atoms with Gasteiger partial charge in [0, 0.05) is 38.3 Å². The van der Waals surface area contributed by atoms with Crippen molar-refractivity contribution < 1.29 is 9.47 Å². The first kappa shape index (κ1) is 25.8. The lowest BCUT2D eigenvalue weighted by molar-refractivity contribution is 0.0341. The summed E-state index contributed by atoms with van der Waals surface area (Å²) < 4.78 is 11.7. The van der Waals surface area contributed by atoms with Crippen LogP contribution in [0, 0.1) is 0 Å². The van der Waals surface area contributed by atoms with Gasteiger partial charge in [-0.25, -0.2) is 4.99 Å². The third-order valence-corrected chi connectivity index (χ3v) is 6.13. The number of guanidine groups is 1. The van der Waals surface area contributed by atoms with Crippen LogP contribution in [0.25, 0.3) is 0 Å². The molecule has 6 nitrogen and oxygen atoms in total. The van der Waals surface area contributed by atoms with E-state index in [0.29, 0.717) is 12.6 Å². The molecule has 0 radical (unpaired) electrons. The van der Waals surface area contributed by atoms with Gasteiger partial charge in [-0.2, -0.15) is 0 Å². The van der Waals surface area contributed by atoms with E-state index >= 15 is 0 Å². The maximum Gasteiger partial charge on any atom is 0.191 e. The summed E-state index contributed by atoms with van der Waals surface area (Å²) >= 11 is 0. The van der Waals surface area contributed by atoms with Crippen molar-refractivity contribution in [3.63, 3.8) is 0 Å². The van der Waals surface area contributed by atoms with Crippen molar-refractivity contribution in [2.75, 3.05) is 32.8 Å². The Labute approximate surface area is 215 Å². The van der Waals surface area contributed by atoms with Gasteiger partial charge in [-0.1, -0.05) is 42.5 Å². The molecule has 1 saturated carbocycles. The highest BCUT2D eigenvalue weighted by atomic mass is 127. The number of hydrogen-bond acceptors (Lipinski definition) is 4. The van der Waals surface area contributed by atoms with Crippen molar-refractivity contribution in [2.24, 2.45) is 4.99 Å². The normalized spacial score (nSPS) is 17.1. The summed E-state index contributed by atoms with van der Waals surface area (Å²) in [5.74, 6) is 1.79. The van der Waals surface area contributed by atoms with Crippen molar-refractivity contribution in [3.8, 4) is 5.75 Å². The van der Waals surface area contributed by atoms with E-state index in [2.05, 4.69) is 64.9 Å². The maximum absolute atomic E-state index is 6.17. The van der Waals surface area contributed by atoms with Crippen molar-refractivity contribution in [1.29, 1.82) is 0 Å². The van der Waals surface area contributed by atoms with Crippen LogP contribution in [-0.2, 0) is 24.4 Å². The van der Waals surface area contributed by atoms with Crippen LogP contribution < -0.4 is 15.4 Å². The quantitative estimate of drug-likeness (QED) is 0.270. The fourth-order valence-electron chi connectivity index (χ4n) is 3.99. The van der Waals surface area contributed by atoms with Crippen LogP contribution >= 0.6 is 24.0 Å². The van der Waals surface area contributed by atoms with E-state index in [9.17, 15) is 0 Å². The average Bonchev–Trinajstić information content (AvgIpc) is 2.80. The Balaban J connectivity index is 0.00000306. The van der Waals surface area contributed by atoms with Gasteiger partial charge in [-0.15, -0.1) is 24.0 Å². The Morgan fingerprint density at radius 2 is 1.70 bits per heavy atom. The molecule has 2 aromatic carbocycles. The van der Waals surface area contributed by atoms with Gasteiger partial charge in [0.15, 0.2) is 5.96 Å². The van der Waals surface area contributed by atoms with E-state index in [1.807, 2.05) is 6.07 Å². The molecular weight excluding hydrogens is 527 g/mol. The van der Waals surface area contributed by atoms with E-state index in [-0.39, 0.29) is 24.0 Å². The molecule has 180 valence electrons. The molecule has 0 unspecified atom stereocenters. The van der Waals surface area contributed by atoms with Crippen LogP contribution in [0.1, 0.15) is 42.9 Å². The molecule has 1 saturated heterocycles. The second-order valence-electron chi connectivity index (χ2n) is 8.48. The number of nitrogens with zero attached hydrogens (tertiary/aromatic N) is 2. The molecule has 1 heterocycles. The zero-order chi connectivity index (χ0) is 22.0. The van der Waals surface area contributed by atoms with Crippen LogP contribution in [0.4, 0.5) is 0 Å². The smallest absolute Gasteiger partial charge is 0.191 e. The highest BCUT2D eigenvalue weighted by Gasteiger charge is 2.20. The summed E-state index contributed by atoms with van der Waals surface area (Å²) in [7, 11) is 0. The second kappa shape index (κ2) is 13.8. The zero-order valence-electron chi connectivity index (χ0n) is 19.6. The lowest BCUT2D eigenvalue weighted by Crippen LogP contribution is -2.38. The standard InChI is InChI=1S/C26H36N4O2.HI/c1-2-27-26(29-19-22-9-5-6-13-25(22)32-24-11-7-12-24)28-18-21-8-3-4-10-23(21)20-30-14-16-31-17-15-30;/h3-6,8-10,13,24H,2,7,11-12,14-20H2,1H3,(H2,27,28,29);1H. The van der Waals surface area contributed by atoms with Crippen molar-refractivity contribution >= 4 is 29.9 Å². The predicted octanol–water partition coefficient (Wildman–Crippen LogP) is 4.32. The first-order valence-electron chi connectivity index (χ1n) is 12.0. The van der Waals surface area contributed by atoms with Crippen LogP contribution in [-0.4, -0.2) is 49.8 Å². The second-order valence-corrected chi connectivity index (χ2v) is 8.48. The number of ether oxygens (including phenoxy) is 2. The van der Waals surface area contributed by atoms with Crippen LogP contribution in [0.3, 0.4) is 0 Å². The number of morpholine rings is 1. The molecule has 2 aromatic rings. The van der Waals surface area contributed by atoms with Gasteiger partial charge in [-0.3, -0.25) is 4.90 Å². The van der Waals surface area contributed by atoms with Crippen molar-refractivity contribution in [1.82, 2.24) is 15.5 Å². The molecule has 7 heteroatoms. The number of nitrogens with one attached hydrogen (secondary N) is 2. The maximum atomic E-state index is 6.17. The molecule has 1 aliphatic heterocycles. The minimum atomic E-state index is 0. The monoisotopic (exact) mass is 564 g/mol. The van der Waals surface area contributed by atoms with E-state index in [4.69, 9.17) is 14.5 Å². The molecule has 2 N–H and O–H groups in total. The minimum Gasteiger partial charge on any atom is -0.490 e. The number of benzene rings is 2. The Morgan fingerprint density at radius 3 is 2.39 bits per heavy atom. The number of aliphatic imine (C=N–C) groups is 1. The van der Waals surface area contributed by atoms with Gasteiger partial charge in [0.25, 0.3) is 0 Å². The van der Waals surface area contributed by atoms with Gasteiger partial charge < -0.3 is 20.1 Å². The Bertz CT molecular complexity index is 882. The molecule has 33 heavy (non-hydrogen) atoms. The van der Waals surface area contributed by atoms with Gasteiger partial charge in [0.2, 0.25) is 0 Å². The highest BCUT2D eigenvalue weighted by molar-refractivity contribution is 14.0. The summed E-state index contributed by atoms with van der Waals surface area (Å²) in [5, 5.41) is 6.90. The highest BCUT2D eigenvalue weighted by Crippen LogP contribution is 2.27. The predicted molar refractivity (Wildman–Crippen MR) is 144 cm³/mol. The molecule has 2 aliphatic rings. The summed E-state index contributed by atoms with van der Waals surface area (Å²) in [5.41, 5.74) is 3.79. The van der Waals surface area contributed by atoms with E-state index in [0.717, 1.165) is 76.1 Å². The zero-order valence-corrected chi connectivity index (χ0v) is 21.9. The first-order chi connectivity index (χ1) is 15.8. The molecule has 0 spiro atoms. The first-order valence-corrected chi connectivity index (χ1v) is 12.0. The molecule has 2 fully saturated rings. The lowest BCUT2D eigenvalue weighted by atomic mass is 9.96. The molecule has 0 bridgehead atoms. The van der Waals surface area contributed by atoms with Gasteiger partial charge >= 0.3 is 0 Å². The van der Waals surface area contributed by atoms with Crippen LogP contribution in [0.15, 0.2) is 53.5 Å². The largest absolute Gasteiger partial charge is 0.490 e. The Hall–Kier alpha value is -1.84. The molecular formula is C26H37IN4O2. The van der Waals surface area contributed by atoms with Crippen molar-refractivity contribution in [2.45, 2.75) is 51.9 Å². The Kier molecular flexibility index (Phi) is 10.8. The van der Waals surface area contributed by atoms with Crippen LogP contribution in [0.5, 0.6) is 5.75 Å².